The number of amides is 1. The van der Waals surface area contributed by atoms with E-state index in [9.17, 15) is 23.1 Å². The number of hydrogen-bond donors (Lipinski definition) is 1. The molecule has 1 aromatic rings. The van der Waals surface area contributed by atoms with E-state index in [1.165, 1.54) is 25.3 Å². The highest BCUT2D eigenvalue weighted by Crippen LogP contribution is 2.30. The van der Waals surface area contributed by atoms with Crippen molar-refractivity contribution in [2.45, 2.75) is 25.7 Å². The van der Waals surface area contributed by atoms with Gasteiger partial charge < -0.3 is 19.2 Å². The Balaban J connectivity index is 2.19. The lowest BCUT2D eigenvalue weighted by atomic mass is 10.1. The number of methoxy groups -OCH3 is 1. The van der Waals surface area contributed by atoms with Crippen LogP contribution in [0.2, 0.25) is 0 Å². The van der Waals surface area contributed by atoms with E-state index in [0.29, 0.717) is 6.61 Å². The minimum absolute atomic E-state index is 0.0483. The number of carboxylic acids is 1. The Morgan fingerprint density at radius 3 is 2.27 bits per heavy atom. The van der Waals surface area contributed by atoms with Crippen molar-refractivity contribution >= 4 is 21.9 Å². The molecule has 2 rings (SSSR count). The zero-order valence-electron chi connectivity index (χ0n) is 15.3. The number of ether oxygens (including phenoxy) is 1. The largest absolute Gasteiger partial charge is 0.478 e. The molecule has 0 saturated carbocycles. The normalized spacial score (nSPS) is 17.3. The van der Waals surface area contributed by atoms with Gasteiger partial charge in [0.25, 0.3) is 0 Å². The summed E-state index contributed by atoms with van der Waals surface area (Å²) in [6, 6.07) is 0. The Labute approximate surface area is 152 Å². The second-order valence-corrected chi connectivity index (χ2v) is 8.18. The maximum Gasteiger partial charge on any atom is 0.340 e. The van der Waals surface area contributed by atoms with Crippen LogP contribution in [-0.2, 0) is 19.6 Å². The molecular formula is C16H24N2O7S. The number of piperazine rings is 1. The molecule has 1 amide bonds. The summed E-state index contributed by atoms with van der Waals surface area (Å²) in [5.41, 5.74) is -0.338. The lowest BCUT2D eigenvalue weighted by molar-refractivity contribution is -0.137. The molecule has 1 fully saturated rings. The molecule has 1 aliphatic heterocycles. The molecule has 26 heavy (non-hydrogen) atoms. The summed E-state index contributed by atoms with van der Waals surface area (Å²) in [7, 11) is -2.51. The zero-order valence-corrected chi connectivity index (χ0v) is 16.1. The number of carboxylic acid groups (broad SMARTS) is 1. The van der Waals surface area contributed by atoms with Crippen molar-refractivity contribution in [2.24, 2.45) is 5.92 Å². The first-order chi connectivity index (χ1) is 12.1. The summed E-state index contributed by atoms with van der Waals surface area (Å²) in [5, 5.41) is 9.34. The predicted molar refractivity (Wildman–Crippen MR) is 91.5 cm³/mol. The summed E-state index contributed by atoms with van der Waals surface area (Å²) in [5.74, 6) is -1.64. The number of rotatable bonds is 6. The van der Waals surface area contributed by atoms with Crippen molar-refractivity contribution in [2.75, 3.05) is 39.9 Å². The zero-order chi connectivity index (χ0) is 19.6. The van der Waals surface area contributed by atoms with Gasteiger partial charge in [0.05, 0.1) is 12.5 Å². The molecular weight excluding hydrogens is 364 g/mol. The second-order valence-electron chi connectivity index (χ2n) is 6.31. The molecule has 0 aliphatic carbocycles. The number of carbonyl (C=O) groups excluding carboxylic acids is 1. The van der Waals surface area contributed by atoms with Crippen LogP contribution in [-0.4, -0.2) is 74.5 Å². The average molecular weight is 388 g/mol. The molecule has 1 saturated heterocycles. The van der Waals surface area contributed by atoms with Crippen LogP contribution in [0.15, 0.2) is 9.31 Å². The first-order valence-corrected chi connectivity index (χ1v) is 9.66. The number of nitrogens with zero attached hydrogens (tertiary/aromatic N) is 2. The topological polar surface area (TPSA) is 117 Å². The molecule has 10 heteroatoms. The highest BCUT2D eigenvalue weighted by atomic mass is 32.2. The van der Waals surface area contributed by atoms with Crippen molar-refractivity contribution in [1.82, 2.24) is 9.21 Å². The Morgan fingerprint density at radius 1 is 1.19 bits per heavy atom. The fourth-order valence-corrected chi connectivity index (χ4v) is 4.93. The first-order valence-electron chi connectivity index (χ1n) is 8.22. The maximum atomic E-state index is 12.9. The van der Waals surface area contributed by atoms with E-state index in [-0.39, 0.29) is 60.0 Å². The standard InChI is InChI=1S/C16H24N2O7S/c1-10(9-24-4)15(19)17-5-7-18(8-6-17)26(22,23)14-12(3)25-11(2)13(14)16(20)21/h10H,5-9H2,1-4H3,(H,20,21). The van der Waals surface area contributed by atoms with Gasteiger partial charge >= 0.3 is 5.97 Å². The number of furan rings is 1. The first kappa shape index (κ1) is 20.4. The fourth-order valence-electron chi connectivity index (χ4n) is 3.13. The third-order valence-electron chi connectivity index (χ3n) is 4.41. The Morgan fingerprint density at radius 2 is 1.77 bits per heavy atom. The number of hydrogen-bond acceptors (Lipinski definition) is 6. The van der Waals surface area contributed by atoms with E-state index >= 15 is 0 Å². The number of sulfonamides is 1. The van der Waals surface area contributed by atoms with Gasteiger partial charge in [-0.05, 0) is 13.8 Å². The van der Waals surface area contributed by atoms with Crippen LogP contribution in [0, 0.1) is 19.8 Å². The molecule has 1 aromatic heterocycles. The van der Waals surface area contributed by atoms with Crippen molar-refractivity contribution in [3.8, 4) is 0 Å². The molecule has 0 aromatic carbocycles. The molecule has 9 nitrogen and oxygen atoms in total. The molecule has 1 aliphatic rings. The van der Waals surface area contributed by atoms with E-state index in [0.717, 1.165) is 0 Å². The molecule has 146 valence electrons. The molecule has 0 spiro atoms. The van der Waals surface area contributed by atoms with Crippen molar-refractivity contribution in [3.05, 3.63) is 17.1 Å². The summed E-state index contributed by atoms with van der Waals surface area (Å²) < 4.78 is 37.3. The summed E-state index contributed by atoms with van der Waals surface area (Å²) in [6.07, 6.45) is 0. The quantitative estimate of drug-likeness (QED) is 0.762. The minimum atomic E-state index is -4.03. The van der Waals surface area contributed by atoms with E-state index in [2.05, 4.69) is 0 Å². The summed E-state index contributed by atoms with van der Waals surface area (Å²) in [6.45, 7) is 5.57. The van der Waals surface area contributed by atoms with Crippen LogP contribution in [0.4, 0.5) is 0 Å². The van der Waals surface area contributed by atoms with Crippen LogP contribution in [0.25, 0.3) is 0 Å². The van der Waals surface area contributed by atoms with E-state index in [4.69, 9.17) is 9.15 Å². The highest BCUT2D eigenvalue weighted by Gasteiger charge is 2.37. The van der Waals surface area contributed by atoms with Gasteiger partial charge in [-0.1, -0.05) is 6.92 Å². The number of carbonyl (C=O) groups is 2. The van der Waals surface area contributed by atoms with Crippen LogP contribution in [0.3, 0.4) is 0 Å². The van der Waals surface area contributed by atoms with Gasteiger partial charge in [0, 0.05) is 33.3 Å². The van der Waals surface area contributed by atoms with Crippen LogP contribution < -0.4 is 0 Å². The smallest absolute Gasteiger partial charge is 0.340 e. The third-order valence-corrected chi connectivity index (χ3v) is 6.46. The Kier molecular flexibility index (Phi) is 6.09. The Hall–Kier alpha value is -1.91. The van der Waals surface area contributed by atoms with Gasteiger partial charge in [-0.3, -0.25) is 4.79 Å². The average Bonchev–Trinajstić information content (AvgIpc) is 2.89. The molecule has 1 N–H and O–H groups in total. The lowest BCUT2D eigenvalue weighted by Gasteiger charge is -2.35. The molecule has 2 heterocycles. The monoisotopic (exact) mass is 388 g/mol. The van der Waals surface area contributed by atoms with Crippen molar-refractivity contribution in [1.29, 1.82) is 0 Å². The van der Waals surface area contributed by atoms with Gasteiger partial charge in [-0.25, -0.2) is 13.2 Å². The minimum Gasteiger partial charge on any atom is -0.478 e. The van der Waals surface area contributed by atoms with Gasteiger partial charge in [0.15, 0.2) is 0 Å². The predicted octanol–water partition coefficient (Wildman–Crippen LogP) is 0.710. The van der Waals surface area contributed by atoms with Crippen molar-refractivity contribution < 1.29 is 32.3 Å². The second kappa shape index (κ2) is 7.77. The van der Waals surface area contributed by atoms with Gasteiger partial charge in [-0.15, -0.1) is 0 Å². The van der Waals surface area contributed by atoms with E-state index in [1.54, 1.807) is 11.8 Å². The summed E-state index contributed by atoms with van der Waals surface area (Å²) in [4.78, 5) is 25.0. The molecule has 0 bridgehead atoms. The SMILES string of the molecule is COCC(C)C(=O)N1CCN(S(=O)(=O)c2c(C)oc(C)c2C(=O)O)CC1. The molecule has 0 radical (unpaired) electrons. The summed E-state index contributed by atoms with van der Waals surface area (Å²) >= 11 is 0. The fraction of sp³-hybridized carbons (Fsp3) is 0.625. The van der Waals surface area contributed by atoms with Crippen LogP contribution in [0.1, 0.15) is 28.8 Å². The highest BCUT2D eigenvalue weighted by molar-refractivity contribution is 7.89. The lowest BCUT2D eigenvalue weighted by Crippen LogP contribution is -2.52. The van der Waals surface area contributed by atoms with Gasteiger partial charge in [0.2, 0.25) is 15.9 Å². The Bertz CT molecular complexity index is 792. The molecule has 1 unspecified atom stereocenters. The van der Waals surface area contributed by atoms with E-state index < -0.39 is 16.0 Å². The van der Waals surface area contributed by atoms with E-state index in [1.807, 2.05) is 0 Å². The van der Waals surface area contributed by atoms with Crippen molar-refractivity contribution in [3.63, 3.8) is 0 Å². The van der Waals surface area contributed by atoms with Gasteiger partial charge in [0.1, 0.15) is 22.0 Å². The van der Waals surface area contributed by atoms with Gasteiger partial charge in [-0.2, -0.15) is 4.31 Å². The van der Waals surface area contributed by atoms with Crippen LogP contribution in [0.5, 0.6) is 0 Å². The van der Waals surface area contributed by atoms with Crippen LogP contribution >= 0.6 is 0 Å². The number of aromatic carboxylic acids is 1. The maximum absolute atomic E-state index is 12.9. The number of aryl methyl sites for hydroxylation is 2. The molecule has 1 atom stereocenters. The third kappa shape index (κ3) is 3.76.